The molecule has 0 atom stereocenters. The van der Waals surface area contributed by atoms with Gasteiger partial charge in [0.25, 0.3) is 5.56 Å². The van der Waals surface area contributed by atoms with Crippen molar-refractivity contribution < 1.29 is 9.90 Å². The lowest BCUT2D eigenvalue weighted by atomic mass is 10.1. The van der Waals surface area contributed by atoms with Crippen molar-refractivity contribution >= 4 is 5.97 Å². The fourth-order valence-corrected chi connectivity index (χ4v) is 1.84. The largest absolute Gasteiger partial charge is 0.481 e. The number of carboxylic acid groups (broad SMARTS) is 1. The van der Waals surface area contributed by atoms with Gasteiger partial charge in [-0.1, -0.05) is 6.07 Å². The first-order valence-corrected chi connectivity index (χ1v) is 6.13. The highest BCUT2D eigenvalue weighted by Crippen LogP contribution is 2.03. The van der Waals surface area contributed by atoms with Gasteiger partial charge in [0, 0.05) is 24.2 Å². The summed E-state index contributed by atoms with van der Waals surface area (Å²) in [6.45, 7) is 2.16. The van der Waals surface area contributed by atoms with E-state index < -0.39 is 5.97 Å². The molecule has 0 saturated heterocycles. The topological polar surface area (TPSA) is 84.2 Å². The Morgan fingerprint density at radius 3 is 2.90 bits per heavy atom. The average Bonchev–Trinajstić information content (AvgIpc) is 2.43. The molecule has 20 heavy (non-hydrogen) atoms. The molecule has 0 aliphatic carbocycles. The van der Waals surface area contributed by atoms with Crippen LogP contribution in [0.25, 0.3) is 0 Å². The minimum atomic E-state index is -1.02. The molecule has 0 radical (unpaired) electrons. The van der Waals surface area contributed by atoms with Crippen LogP contribution in [0.4, 0.5) is 0 Å². The molecule has 104 valence electrons. The van der Waals surface area contributed by atoms with Crippen LogP contribution in [0.5, 0.6) is 0 Å². The Balaban J connectivity index is 2.20. The highest BCUT2D eigenvalue weighted by Gasteiger charge is 2.10. The van der Waals surface area contributed by atoms with Crippen molar-refractivity contribution in [3.63, 3.8) is 0 Å². The van der Waals surface area contributed by atoms with Crippen molar-refractivity contribution in [3.05, 3.63) is 63.8 Å². The van der Waals surface area contributed by atoms with E-state index in [4.69, 9.17) is 5.11 Å². The summed E-state index contributed by atoms with van der Waals surface area (Å²) in [5.41, 5.74) is 4.50. The van der Waals surface area contributed by atoms with Crippen LogP contribution in [0.2, 0.25) is 0 Å². The Kier molecular flexibility index (Phi) is 4.14. The van der Waals surface area contributed by atoms with Crippen LogP contribution in [-0.4, -0.2) is 20.7 Å². The Labute approximate surface area is 115 Å². The van der Waals surface area contributed by atoms with Gasteiger partial charge in [-0.3, -0.25) is 14.6 Å². The van der Waals surface area contributed by atoms with Crippen molar-refractivity contribution in [2.24, 2.45) is 0 Å². The second-order valence-electron chi connectivity index (χ2n) is 4.42. The molecule has 0 saturated carbocycles. The normalized spacial score (nSPS) is 10.2. The van der Waals surface area contributed by atoms with Gasteiger partial charge in [-0.05, 0) is 30.2 Å². The lowest BCUT2D eigenvalue weighted by Gasteiger charge is -2.12. The van der Waals surface area contributed by atoms with Gasteiger partial charge in [0.1, 0.15) is 0 Å². The zero-order valence-electron chi connectivity index (χ0n) is 11.0. The minimum Gasteiger partial charge on any atom is -0.481 e. The number of nitrogens with one attached hydrogen (secondary N) is 1. The summed E-state index contributed by atoms with van der Waals surface area (Å²) >= 11 is 0. The Morgan fingerprint density at radius 2 is 2.25 bits per heavy atom. The molecule has 2 rings (SSSR count). The van der Waals surface area contributed by atoms with Gasteiger partial charge < -0.3 is 10.5 Å². The number of carbonyl (C=O) groups is 1. The fourth-order valence-electron chi connectivity index (χ4n) is 1.84. The third-order valence-electron chi connectivity index (χ3n) is 2.93. The van der Waals surface area contributed by atoms with Crippen LogP contribution in [0.3, 0.4) is 0 Å². The summed E-state index contributed by atoms with van der Waals surface area (Å²) in [5.74, 6) is -1.02. The van der Waals surface area contributed by atoms with E-state index in [1.165, 1.54) is 4.68 Å². The molecule has 0 bridgehead atoms. The van der Waals surface area contributed by atoms with Crippen molar-refractivity contribution in [3.8, 4) is 0 Å². The molecule has 0 unspecified atom stereocenters. The first-order valence-electron chi connectivity index (χ1n) is 6.13. The zero-order chi connectivity index (χ0) is 14.5. The second kappa shape index (κ2) is 6.01. The number of aryl methyl sites for hydroxylation is 1. The number of hydrogen-bond donors (Lipinski definition) is 2. The number of hydrogen-bond acceptors (Lipinski definition) is 4. The summed E-state index contributed by atoms with van der Waals surface area (Å²) in [4.78, 5) is 26.9. The number of pyridine rings is 2. The summed E-state index contributed by atoms with van der Waals surface area (Å²) in [5, 5.41) is 8.84. The molecule has 0 aliphatic heterocycles. The van der Waals surface area contributed by atoms with E-state index in [-0.39, 0.29) is 12.0 Å². The number of nitrogens with zero attached hydrogens (tertiary/aromatic N) is 2. The van der Waals surface area contributed by atoms with E-state index >= 15 is 0 Å². The first kappa shape index (κ1) is 13.8. The molecule has 0 amide bonds. The molecule has 2 aromatic heterocycles. The molecule has 6 heteroatoms. The molecule has 0 aromatic carbocycles. The molecule has 0 aliphatic rings. The maximum atomic E-state index is 12.2. The highest BCUT2D eigenvalue weighted by molar-refractivity contribution is 5.70. The standard InChI is InChI=1S/C14H15N3O3/c1-10-4-6-17(14(20)12(10)7-13(18)19)16-9-11-3-2-5-15-8-11/h2-6,8,16H,7,9H2,1H3,(H,18,19). The van der Waals surface area contributed by atoms with Crippen molar-refractivity contribution in [2.45, 2.75) is 19.9 Å². The molecule has 6 nitrogen and oxygen atoms in total. The molecular weight excluding hydrogens is 258 g/mol. The van der Waals surface area contributed by atoms with Gasteiger partial charge in [0.05, 0.1) is 13.0 Å². The smallest absolute Gasteiger partial charge is 0.308 e. The summed E-state index contributed by atoms with van der Waals surface area (Å²) in [6.07, 6.45) is 4.69. The summed E-state index contributed by atoms with van der Waals surface area (Å²) in [7, 11) is 0. The van der Waals surface area contributed by atoms with Gasteiger partial charge in [-0.2, -0.15) is 0 Å². The van der Waals surface area contributed by atoms with Crippen LogP contribution in [0.1, 0.15) is 16.7 Å². The molecule has 0 fully saturated rings. The van der Waals surface area contributed by atoms with Crippen LogP contribution in [0.15, 0.2) is 41.6 Å². The predicted octanol–water partition coefficient (Wildman–Crippen LogP) is 0.923. The van der Waals surface area contributed by atoms with Gasteiger partial charge in [0.15, 0.2) is 0 Å². The van der Waals surface area contributed by atoms with Crippen LogP contribution in [-0.2, 0) is 17.8 Å². The number of carboxylic acids is 1. The van der Waals surface area contributed by atoms with Crippen molar-refractivity contribution in [1.29, 1.82) is 0 Å². The molecule has 2 N–H and O–H groups in total. The molecule has 0 spiro atoms. The van der Waals surface area contributed by atoms with E-state index in [1.54, 1.807) is 31.6 Å². The number of aliphatic carboxylic acids is 1. The SMILES string of the molecule is Cc1ccn(NCc2cccnc2)c(=O)c1CC(=O)O. The van der Waals surface area contributed by atoms with Gasteiger partial charge in [-0.15, -0.1) is 0 Å². The zero-order valence-corrected chi connectivity index (χ0v) is 11.0. The van der Waals surface area contributed by atoms with E-state index in [1.807, 2.05) is 12.1 Å². The Bertz CT molecular complexity index is 665. The molecule has 2 aromatic rings. The van der Waals surface area contributed by atoms with Crippen LogP contribution in [0, 0.1) is 6.92 Å². The Morgan fingerprint density at radius 1 is 1.45 bits per heavy atom. The van der Waals surface area contributed by atoms with Crippen molar-refractivity contribution in [1.82, 2.24) is 9.66 Å². The number of rotatable bonds is 5. The van der Waals surface area contributed by atoms with Gasteiger partial charge >= 0.3 is 5.97 Å². The third kappa shape index (κ3) is 3.23. The minimum absolute atomic E-state index is 0.278. The quantitative estimate of drug-likeness (QED) is 0.846. The predicted molar refractivity (Wildman–Crippen MR) is 74.1 cm³/mol. The maximum Gasteiger partial charge on any atom is 0.308 e. The molecule has 2 heterocycles. The Hall–Kier alpha value is -2.63. The molecular formula is C14H15N3O3. The van der Waals surface area contributed by atoms with Crippen LogP contribution >= 0.6 is 0 Å². The van der Waals surface area contributed by atoms with Crippen LogP contribution < -0.4 is 11.0 Å². The first-order chi connectivity index (χ1) is 9.58. The second-order valence-corrected chi connectivity index (χ2v) is 4.42. The summed E-state index contributed by atoms with van der Waals surface area (Å²) in [6, 6.07) is 5.41. The van der Waals surface area contributed by atoms with E-state index in [0.717, 1.165) is 5.56 Å². The van der Waals surface area contributed by atoms with E-state index in [0.29, 0.717) is 17.7 Å². The number of aromatic nitrogens is 2. The summed E-state index contributed by atoms with van der Waals surface area (Å²) < 4.78 is 1.30. The third-order valence-corrected chi connectivity index (χ3v) is 2.93. The monoisotopic (exact) mass is 273 g/mol. The maximum absolute atomic E-state index is 12.2. The lowest BCUT2D eigenvalue weighted by molar-refractivity contribution is -0.136. The lowest BCUT2D eigenvalue weighted by Crippen LogP contribution is -2.32. The van der Waals surface area contributed by atoms with E-state index in [9.17, 15) is 9.59 Å². The van der Waals surface area contributed by atoms with Gasteiger partial charge in [0.2, 0.25) is 0 Å². The van der Waals surface area contributed by atoms with Crippen molar-refractivity contribution in [2.75, 3.05) is 5.43 Å². The van der Waals surface area contributed by atoms with Gasteiger partial charge in [-0.25, -0.2) is 4.68 Å². The average molecular weight is 273 g/mol. The highest BCUT2D eigenvalue weighted by atomic mass is 16.4. The van der Waals surface area contributed by atoms with E-state index in [2.05, 4.69) is 10.4 Å². The fraction of sp³-hybridized carbons (Fsp3) is 0.214.